The van der Waals surface area contributed by atoms with Crippen LogP contribution in [0.25, 0.3) is 0 Å². The number of nitrogens with zero attached hydrogens (tertiary/aromatic N) is 6. The summed E-state index contributed by atoms with van der Waals surface area (Å²) < 4.78 is 7.29. The maximum atomic E-state index is 16.0. The fraction of sp³-hybridized carbons (Fsp3) is 0.414. The van der Waals surface area contributed by atoms with Crippen molar-refractivity contribution in [1.82, 2.24) is 15.5 Å². The number of nitrogens with one attached hydrogen (secondary N) is 2. The van der Waals surface area contributed by atoms with Crippen LogP contribution in [-0.4, -0.2) is 117 Å². The zero-order valence-corrected chi connectivity index (χ0v) is 43.7. The first kappa shape index (κ1) is 49.8. The number of carbonyl (C=O) groups is 4. The molecule has 0 bridgehead atoms. The molecule has 0 saturated carbocycles. The Bertz CT molecular complexity index is 2900. The van der Waals surface area contributed by atoms with Crippen LogP contribution in [0, 0.1) is 5.92 Å². The summed E-state index contributed by atoms with van der Waals surface area (Å²) in [5, 5.41) is 17.0. The van der Waals surface area contributed by atoms with Gasteiger partial charge in [0.1, 0.15) is 11.1 Å². The first-order valence-electron chi connectivity index (χ1n) is 26.4. The number of hydrogen-bond acceptors (Lipinski definition) is 11. The average molecular weight is 1020 g/mol. The number of ether oxygens (including phenoxy) is 1. The molecule has 6 aliphatic rings. The second-order valence-electron chi connectivity index (χ2n) is 21.7. The zero-order chi connectivity index (χ0) is 51.4. The van der Waals surface area contributed by atoms with Gasteiger partial charge in [-0.25, -0.2) is 0 Å². The fourth-order valence-corrected chi connectivity index (χ4v) is 16.0. The fourth-order valence-electron chi connectivity index (χ4n) is 13.4. The summed E-state index contributed by atoms with van der Waals surface area (Å²) in [6.07, 6.45) is 1.66. The topological polar surface area (TPSA) is 161 Å². The molecule has 0 aliphatic carbocycles. The van der Waals surface area contributed by atoms with Crippen LogP contribution < -0.4 is 35.1 Å². The Hall–Kier alpha value is -6.40. The molecule has 0 unspecified atom stereocenters. The highest BCUT2D eigenvalue weighted by atomic mass is 28.4. The molecule has 6 heterocycles. The van der Waals surface area contributed by atoms with Crippen molar-refractivity contribution in [2.24, 2.45) is 5.92 Å². The van der Waals surface area contributed by atoms with Gasteiger partial charge in [0.25, 0.3) is 17.7 Å². The number of aliphatic hydroxyl groups is 1. The Kier molecular flexibility index (Phi) is 13.3. The van der Waals surface area contributed by atoms with Gasteiger partial charge < -0.3 is 44.9 Å². The first-order chi connectivity index (χ1) is 35.8. The van der Waals surface area contributed by atoms with Crippen LogP contribution in [0.3, 0.4) is 0 Å². The van der Waals surface area contributed by atoms with Crippen molar-refractivity contribution in [3.8, 4) is 0 Å². The molecule has 0 radical (unpaired) electrons. The highest BCUT2D eigenvalue weighted by Crippen LogP contribution is 2.61. The van der Waals surface area contributed by atoms with Crippen LogP contribution in [0.4, 0.5) is 28.4 Å². The minimum Gasteiger partial charge on any atom is -0.432 e. The van der Waals surface area contributed by atoms with Crippen molar-refractivity contribution in [1.29, 1.82) is 0 Å². The number of fused-ring (bicyclic) bond motifs is 2. The number of para-hydroxylation sites is 2. The maximum Gasteiger partial charge on any atom is 0.264 e. The van der Waals surface area contributed by atoms with Gasteiger partial charge in [-0.3, -0.25) is 29.0 Å². The number of carbonyl (C=O) groups excluding carboxylic acids is 4. The minimum atomic E-state index is -3.22. The minimum absolute atomic E-state index is 0.00330. The summed E-state index contributed by atoms with van der Waals surface area (Å²) in [6.45, 7) is 9.51. The lowest BCUT2D eigenvalue weighted by Gasteiger charge is -2.39. The van der Waals surface area contributed by atoms with E-state index in [0.29, 0.717) is 69.0 Å². The molecular formula is C58H68N8O7Si. The van der Waals surface area contributed by atoms with Crippen molar-refractivity contribution in [2.75, 3.05) is 77.2 Å². The molecule has 0 aromatic heterocycles. The van der Waals surface area contributed by atoms with E-state index in [2.05, 4.69) is 32.6 Å². The standard InChI is InChI=1S/C58H68N8O7Si/c1-41-52(74(2,3)72)50(36-51(68)61(32-33-67)37-42-14-7-4-8-15-42)73-58(41)48-35-47(64-40-66(45-19-11-6-12-20-45)57(54(64)70)26-30-60-31-27-57)22-23-49(48)62(55(58)71)38-43-16-13-21-46(34-43)63-39-65(44-17-9-5-10-18-44)56(53(63)69)24-28-59-29-25-56/h4-23,34-35,41,50,52,59-60,67,72H,24-33,36-40H2,1-3H3/t41-,50+,52-,58+/m1/s1. The van der Waals surface area contributed by atoms with Gasteiger partial charge in [0, 0.05) is 52.9 Å². The highest BCUT2D eigenvalue weighted by molar-refractivity contribution is 6.71. The number of aliphatic hydroxyl groups excluding tert-OH is 1. The van der Waals surface area contributed by atoms with Gasteiger partial charge in [-0.15, -0.1) is 0 Å². The zero-order valence-electron chi connectivity index (χ0n) is 42.7. The second kappa shape index (κ2) is 19.7. The van der Waals surface area contributed by atoms with Gasteiger partial charge in [-0.1, -0.05) is 85.8 Å². The molecule has 15 nitrogen and oxygen atoms in total. The number of hydrogen-bond donors (Lipinski definition) is 4. The SMILES string of the molecule is C[C@@H]1[C@@H]([Si](C)(C)O)[C@H](CC(=O)N(CCO)Cc2ccccc2)O[C@@]12C(=O)N(Cc1cccc(N3CN(c4ccccc4)C4(CCNCC4)C3=O)c1)c1ccc(N3CN(c4ccccc4)C4(CCNCC4)C3=O)cc12. The largest absolute Gasteiger partial charge is 0.432 e. The summed E-state index contributed by atoms with van der Waals surface area (Å²) in [5.74, 6) is -1.11. The van der Waals surface area contributed by atoms with Gasteiger partial charge >= 0.3 is 0 Å². The summed E-state index contributed by atoms with van der Waals surface area (Å²) in [4.78, 5) is 84.2. The van der Waals surface area contributed by atoms with E-state index in [4.69, 9.17) is 4.74 Å². The number of piperidine rings is 2. The van der Waals surface area contributed by atoms with Crippen molar-refractivity contribution >= 4 is 60.4 Å². The van der Waals surface area contributed by atoms with E-state index in [0.717, 1.165) is 41.3 Å². The predicted molar refractivity (Wildman–Crippen MR) is 289 cm³/mol. The molecule has 5 saturated heterocycles. The Morgan fingerprint density at radius 2 is 1.19 bits per heavy atom. The first-order valence-corrected chi connectivity index (χ1v) is 29.4. The van der Waals surface area contributed by atoms with E-state index in [9.17, 15) is 19.5 Å². The number of amides is 4. The lowest BCUT2D eigenvalue weighted by Crippen LogP contribution is -2.55. The van der Waals surface area contributed by atoms with Gasteiger partial charge in [0.15, 0.2) is 13.9 Å². The van der Waals surface area contributed by atoms with Gasteiger partial charge in [0.2, 0.25) is 5.91 Å². The second-order valence-corrected chi connectivity index (χ2v) is 25.7. The van der Waals surface area contributed by atoms with E-state index < -0.39 is 42.6 Å². The third-order valence-electron chi connectivity index (χ3n) is 17.0. The summed E-state index contributed by atoms with van der Waals surface area (Å²) in [6, 6.07) is 43.5. The lowest BCUT2D eigenvalue weighted by molar-refractivity contribution is -0.150. The van der Waals surface area contributed by atoms with E-state index in [-0.39, 0.29) is 56.3 Å². The predicted octanol–water partition coefficient (Wildman–Crippen LogP) is 6.31. The van der Waals surface area contributed by atoms with Crippen molar-refractivity contribution < 1.29 is 33.8 Å². The highest BCUT2D eigenvalue weighted by Gasteiger charge is 2.67. The molecule has 4 atom stereocenters. The Morgan fingerprint density at radius 1 is 0.676 bits per heavy atom. The summed E-state index contributed by atoms with van der Waals surface area (Å²) >= 11 is 0. The van der Waals surface area contributed by atoms with Crippen molar-refractivity contribution in [3.63, 3.8) is 0 Å². The molecule has 3 spiro atoms. The van der Waals surface area contributed by atoms with E-state index in [1.54, 1.807) is 9.80 Å². The quantitative estimate of drug-likeness (QED) is 0.0980. The van der Waals surface area contributed by atoms with Crippen molar-refractivity contribution in [3.05, 3.63) is 150 Å². The Morgan fingerprint density at radius 3 is 1.73 bits per heavy atom. The van der Waals surface area contributed by atoms with E-state index >= 15 is 9.59 Å². The molecule has 11 rings (SSSR count). The molecule has 5 fully saturated rings. The van der Waals surface area contributed by atoms with Crippen LogP contribution in [0.2, 0.25) is 18.6 Å². The molecule has 386 valence electrons. The molecule has 16 heteroatoms. The molecule has 4 amide bonds. The molecule has 74 heavy (non-hydrogen) atoms. The lowest BCUT2D eigenvalue weighted by atomic mass is 9.82. The third-order valence-corrected chi connectivity index (χ3v) is 19.5. The molecule has 5 aromatic rings. The number of rotatable bonds is 13. The monoisotopic (exact) mass is 1020 g/mol. The summed E-state index contributed by atoms with van der Waals surface area (Å²) in [5.41, 5.74) is 2.60. The van der Waals surface area contributed by atoms with Gasteiger partial charge in [-0.05, 0) is 131 Å². The smallest absolute Gasteiger partial charge is 0.264 e. The normalized spacial score (nSPS) is 24.3. The van der Waals surface area contributed by atoms with Crippen LogP contribution in [0.5, 0.6) is 0 Å². The van der Waals surface area contributed by atoms with Crippen LogP contribution in [0.1, 0.15) is 55.7 Å². The van der Waals surface area contributed by atoms with Gasteiger partial charge in [0.05, 0.1) is 44.7 Å². The Balaban J connectivity index is 0.974. The van der Waals surface area contributed by atoms with Crippen LogP contribution in [-0.2, 0) is 42.6 Å². The third kappa shape index (κ3) is 8.39. The van der Waals surface area contributed by atoms with E-state index in [1.165, 1.54) is 0 Å². The van der Waals surface area contributed by atoms with Crippen LogP contribution in [0.15, 0.2) is 133 Å². The number of anilines is 5. The van der Waals surface area contributed by atoms with Gasteiger partial charge in [-0.2, -0.15) is 0 Å². The molecule has 6 aliphatic heterocycles. The summed E-state index contributed by atoms with van der Waals surface area (Å²) in [7, 11) is -3.22. The van der Waals surface area contributed by atoms with E-state index in [1.807, 2.05) is 151 Å². The van der Waals surface area contributed by atoms with Crippen LogP contribution >= 0.6 is 0 Å². The molecule has 4 N–H and O–H groups in total. The number of benzene rings is 5. The Labute approximate surface area is 434 Å². The molecule has 5 aromatic carbocycles. The average Bonchev–Trinajstić information content (AvgIpc) is 4.05. The maximum absolute atomic E-state index is 16.0. The van der Waals surface area contributed by atoms with Crippen molar-refractivity contribution in [2.45, 2.75) is 93.5 Å². The molecular weight excluding hydrogens is 949 g/mol.